The first-order valence-electron chi connectivity index (χ1n) is 7.99. The van der Waals surface area contributed by atoms with Gasteiger partial charge in [-0.3, -0.25) is 4.79 Å². The van der Waals surface area contributed by atoms with Gasteiger partial charge in [0.05, 0.1) is 17.2 Å². The summed E-state index contributed by atoms with van der Waals surface area (Å²) in [5.41, 5.74) is 1.47. The van der Waals surface area contributed by atoms with Gasteiger partial charge in [-0.05, 0) is 35.9 Å². The number of carbonyl (C=O) groups excluding carboxylic acids is 1. The lowest BCUT2D eigenvalue weighted by Crippen LogP contribution is -2.31. The maximum absolute atomic E-state index is 12.1. The summed E-state index contributed by atoms with van der Waals surface area (Å²) in [6.45, 7) is 1.88. The Hall–Kier alpha value is -2.15. The van der Waals surface area contributed by atoms with Crippen LogP contribution < -0.4 is 24.8 Å². The highest BCUT2D eigenvalue weighted by Gasteiger charge is 2.19. The number of nitrogens with one attached hydrogen (secondary N) is 2. The zero-order chi connectivity index (χ0) is 18.5. The average Bonchev–Trinajstić information content (AvgIpc) is 3.11. The van der Waals surface area contributed by atoms with Crippen LogP contribution >= 0.6 is 23.2 Å². The van der Waals surface area contributed by atoms with Crippen LogP contribution in [0.25, 0.3) is 0 Å². The summed E-state index contributed by atoms with van der Waals surface area (Å²) in [5.74, 6) is 1.75. The van der Waals surface area contributed by atoms with Gasteiger partial charge in [-0.15, -0.1) is 0 Å². The molecule has 3 rings (SSSR count). The normalized spacial score (nSPS) is 12.1. The molecule has 2 aromatic carbocycles. The highest BCUT2D eigenvalue weighted by Crippen LogP contribution is 2.41. The number of ether oxygens (including phenoxy) is 3. The topological polar surface area (TPSA) is 68.8 Å². The third-order valence-electron chi connectivity index (χ3n) is 3.82. The number of halogens is 2. The van der Waals surface area contributed by atoms with Crippen LogP contribution in [0.3, 0.4) is 0 Å². The minimum atomic E-state index is -0.199. The Balaban J connectivity index is 1.46. The molecule has 0 aromatic heterocycles. The smallest absolute Gasteiger partial charge is 0.251 e. The summed E-state index contributed by atoms with van der Waals surface area (Å²) < 4.78 is 16.1. The van der Waals surface area contributed by atoms with Gasteiger partial charge >= 0.3 is 0 Å². The quantitative estimate of drug-likeness (QED) is 0.703. The molecule has 1 heterocycles. The van der Waals surface area contributed by atoms with E-state index in [4.69, 9.17) is 37.4 Å². The molecular weight excluding hydrogens is 379 g/mol. The Morgan fingerprint density at radius 3 is 2.77 bits per heavy atom. The van der Waals surface area contributed by atoms with Gasteiger partial charge in [-0.1, -0.05) is 23.2 Å². The molecule has 0 spiro atoms. The number of benzene rings is 2. The molecule has 26 heavy (non-hydrogen) atoms. The van der Waals surface area contributed by atoms with Crippen LogP contribution in [0, 0.1) is 0 Å². The fraction of sp³-hybridized carbons (Fsp3) is 0.278. The zero-order valence-electron chi connectivity index (χ0n) is 14.1. The van der Waals surface area contributed by atoms with Crippen LogP contribution in [0.4, 0.5) is 0 Å². The van der Waals surface area contributed by atoms with E-state index in [9.17, 15) is 4.79 Å². The first kappa shape index (κ1) is 18.6. The summed E-state index contributed by atoms with van der Waals surface area (Å²) in [5, 5.41) is 6.86. The molecule has 0 atom stereocenters. The summed E-state index contributed by atoms with van der Waals surface area (Å²) in [6, 6.07) is 8.59. The van der Waals surface area contributed by atoms with Crippen LogP contribution in [-0.4, -0.2) is 32.9 Å². The summed E-state index contributed by atoms with van der Waals surface area (Å²) >= 11 is 11.8. The lowest BCUT2D eigenvalue weighted by molar-refractivity contribution is 0.0954. The fourth-order valence-electron chi connectivity index (χ4n) is 2.52. The van der Waals surface area contributed by atoms with E-state index in [-0.39, 0.29) is 12.7 Å². The molecule has 8 heteroatoms. The summed E-state index contributed by atoms with van der Waals surface area (Å²) in [4.78, 5) is 12.1. The second kappa shape index (κ2) is 8.49. The maximum Gasteiger partial charge on any atom is 0.251 e. The van der Waals surface area contributed by atoms with Crippen molar-refractivity contribution >= 4 is 29.1 Å². The van der Waals surface area contributed by atoms with Crippen molar-refractivity contribution in [3.05, 3.63) is 51.5 Å². The van der Waals surface area contributed by atoms with Crippen LogP contribution in [0.2, 0.25) is 10.0 Å². The summed E-state index contributed by atoms with van der Waals surface area (Å²) in [7, 11) is 1.59. The number of hydrogen-bond donors (Lipinski definition) is 2. The van der Waals surface area contributed by atoms with Crippen molar-refractivity contribution in [2.75, 3.05) is 27.0 Å². The third-order valence-corrected chi connectivity index (χ3v) is 4.56. The minimum Gasteiger partial charge on any atom is -0.493 e. The van der Waals surface area contributed by atoms with E-state index in [2.05, 4.69) is 10.6 Å². The van der Waals surface area contributed by atoms with E-state index in [0.29, 0.717) is 52.5 Å². The molecule has 0 fully saturated rings. The first-order valence-corrected chi connectivity index (χ1v) is 8.74. The van der Waals surface area contributed by atoms with Gasteiger partial charge in [-0.2, -0.15) is 0 Å². The van der Waals surface area contributed by atoms with Crippen molar-refractivity contribution < 1.29 is 19.0 Å². The molecule has 1 aliphatic heterocycles. The molecule has 1 amide bonds. The number of fused-ring (bicyclic) bond motifs is 1. The van der Waals surface area contributed by atoms with Gasteiger partial charge in [0.1, 0.15) is 0 Å². The lowest BCUT2D eigenvalue weighted by Gasteiger charge is -2.10. The average molecular weight is 397 g/mol. The van der Waals surface area contributed by atoms with E-state index in [0.717, 1.165) is 5.56 Å². The van der Waals surface area contributed by atoms with Crippen molar-refractivity contribution in [1.29, 1.82) is 0 Å². The molecule has 6 nitrogen and oxygen atoms in total. The Bertz CT molecular complexity index is 814. The highest BCUT2D eigenvalue weighted by molar-refractivity contribution is 6.42. The molecule has 0 bridgehead atoms. The number of methoxy groups -OCH3 is 1. The predicted octanol–water partition coefficient (Wildman–Crippen LogP) is 3.25. The molecule has 0 saturated heterocycles. The highest BCUT2D eigenvalue weighted by atomic mass is 35.5. The largest absolute Gasteiger partial charge is 0.493 e. The Kier molecular flexibility index (Phi) is 6.08. The van der Waals surface area contributed by atoms with Gasteiger partial charge in [0.2, 0.25) is 12.5 Å². The molecule has 138 valence electrons. The second-order valence-electron chi connectivity index (χ2n) is 5.59. The number of carbonyl (C=O) groups is 1. The van der Waals surface area contributed by atoms with Gasteiger partial charge in [0, 0.05) is 25.2 Å². The number of hydrogen-bond acceptors (Lipinski definition) is 5. The lowest BCUT2D eigenvalue weighted by atomic mass is 10.2. The standard InChI is InChI=1S/C18H18Cl2N2O4/c1-24-15-6-11(7-16-17(15)26-10-25-16)9-21-4-5-22-18(23)12-2-3-13(19)14(20)8-12/h2-3,6-8,21H,4-5,9-10H2,1H3,(H,22,23). The van der Waals surface area contributed by atoms with Gasteiger partial charge < -0.3 is 24.8 Å². The number of amides is 1. The van der Waals surface area contributed by atoms with Crippen molar-refractivity contribution in [2.24, 2.45) is 0 Å². The van der Waals surface area contributed by atoms with Crippen LogP contribution in [-0.2, 0) is 6.54 Å². The molecule has 2 aromatic rings. The Morgan fingerprint density at radius 2 is 2.00 bits per heavy atom. The third kappa shape index (κ3) is 4.33. The molecule has 0 radical (unpaired) electrons. The van der Waals surface area contributed by atoms with E-state index in [1.54, 1.807) is 25.3 Å². The summed E-state index contributed by atoms with van der Waals surface area (Å²) in [6.07, 6.45) is 0. The Labute approximate surface area is 161 Å². The van der Waals surface area contributed by atoms with Gasteiger partial charge in [0.15, 0.2) is 11.5 Å². The monoisotopic (exact) mass is 396 g/mol. The predicted molar refractivity (Wildman–Crippen MR) is 99.6 cm³/mol. The fourth-order valence-corrected chi connectivity index (χ4v) is 2.82. The van der Waals surface area contributed by atoms with Gasteiger partial charge in [-0.25, -0.2) is 0 Å². The first-order chi connectivity index (χ1) is 12.6. The van der Waals surface area contributed by atoms with Crippen LogP contribution in [0.5, 0.6) is 17.2 Å². The SMILES string of the molecule is COc1cc(CNCCNC(=O)c2ccc(Cl)c(Cl)c2)cc2c1OCO2. The zero-order valence-corrected chi connectivity index (χ0v) is 15.6. The minimum absolute atomic E-state index is 0.198. The Morgan fingerprint density at radius 1 is 1.15 bits per heavy atom. The van der Waals surface area contributed by atoms with Crippen molar-refractivity contribution in [3.8, 4) is 17.2 Å². The van der Waals surface area contributed by atoms with Crippen LogP contribution in [0.1, 0.15) is 15.9 Å². The van der Waals surface area contributed by atoms with E-state index >= 15 is 0 Å². The molecule has 1 aliphatic rings. The molecule has 2 N–H and O–H groups in total. The molecular formula is C18H18Cl2N2O4. The molecule has 0 aliphatic carbocycles. The van der Waals surface area contributed by atoms with Crippen molar-refractivity contribution in [3.63, 3.8) is 0 Å². The van der Waals surface area contributed by atoms with Crippen molar-refractivity contribution in [1.82, 2.24) is 10.6 Å². The van der Waals surface area contributed by atoms with Crippen molar-refractivity contribution in [2.45, 2.75) is 6.54 Å². The van der Waals surface area contributed by atoms with E-state index in [1.165, 1.54) is 0 Å². The molecule has 0 unspecified atom stereocenters. The van der Waals surface area contributed by atoms with E-state index < -0.39 is 0 Å². The maximum atomic E-state index is 12.1. The van der Waals surface area contributed by atoms with E-state index in [1.807, 2.05) is 12.1 Å². The van der Waals surface area contributed by atoms with Crippen LogP contribution in [0.15, 0.2) is 30.3 Å². The second-order valence-corrected chi connectivity index (χ2v) is 6.41. The number of rotatable bonds is 7. The van der Waals surface area contributed by atoms with Gasteiger partial charge in [0.25, 0.3) is 5.91 Å². The molecule has 0 saturated carbocycles.